The lowest BCUT2D eigenvalue weighted by molar-refractivity contribution is -0.153. The van der Waals surface area contributed by atoms with Gasteiger partial charge in [-0.3, -0.25) is 4.79 Å². The van der Waals surface area contributed by atoms with Crippen molar-refractivity contribution in [3.05, 3.63) is 28.1 Å². The molecule has 34 heavy (non-hydrogen) atoms. The van der Waals surface area contributed by atoms with Gasteiger partial charge in [0.05, 0.1) is 12.2 Å². The number of hydrogen-bond donors (Lipinski definition) is 1. The molecule has 2 rings (SSSR count). The van der Waals surface area contributed by atoms with Gasteiger partial charge in [0.1, 0.15) is 5.75 Å². The molecule has 1 saturated carbocycles. The molecule has 0 radical (unpaired) electrons. The number of nitrogens with one attached hydrogen (secondary N) is 1. The van der Waals surface area contributed by atoms with Gasteiger partial charge in [0.2, 0.25) is 0 Å². The first-order chi connectivity index (χ1) is 16.1. The molecule has 1 aliphatic rings. The Morgan fingerprint density at radius 3 is 2.68 bits per heavy atom. The van der Waals surface area contributed by atoms with E-state index in [9.17, 15) is 18.0 Å². The standard InChI is InChI=1S/C26H39F3N2O3/c1-5-7-20(6-2)16-31(4)14-12-22-19(3)8-11-23(24(22)34-18-26(27,28)29)25(32)30-13-15-33-17-21-9-10-21/h8,11-12,20-21H,3,5-7,9-10,13-18H2,1-2,4H3,(H,30,32)/b22-12+. The molecule has 5 nitrogen and oxygen atoms in total. The van der Waals surface area contributed by atoms with Gasteiger partial charge < -0.3 is 19.7 Å². The normalized spacial score (nSPS) is 15.6. The van der Waals surface area contributed by atoms with Crippen LogP contribution < -0.4 is 20.5 Å². The second-order valence-electron chi connectivity index (χ2n) is 9.18. The van der Waals surface area contributed by atoms with Crippen molar-refractivity contribution in [1.82, 2.24) is 10.2 Å². The Morgan fingerprint density at radius 2 is 2.06 bits per heavy atom. The van der Waals surface area contributed by atoms with Gasteiger partial charge in [-0.15, -0.1) is 0 Å². The minimum Gasteiger partial charge on any atom is -0.483 e. The average molecular weight is 485 g/mol. The number of nitrogens with zero attached hydrogens (tertiary/aromatic N) is 1. The Morgan fingerprint density at radius 1 is 1.32 bits per heavy atom. The molecule has 1 unspecified atom stereocenters. The Labute approximate surface area is 201 Å². The number of ether oxygens (including phenoxy) is 2. The van der Waals surface area contributed by atoms with E-state index in [1.807, 2.05) is 7.05 Å². The van der Waals surface area contributed by atoms with Crippen molar-refractivity contribution in [2.75, 3.05) is 46.5 Å². The first kappa shape index (κ1) is 28.2. The molecule has 8 heteroatoms. The van der Waals surface area contributed by atoms with Crippen LogP contribution in [0.3, 0.4) is 0 Å². The highest BCUT2D eigenvalue weighted by atomic mass is 19.4. The lowest BCUT2D eigenvalue weighted by Crippen LogP contribution is -2.35. The summed E-state index contributed by atoms with van der Waals surface area (Å²) in [4.78, 5) is 14.9. The van der Waals surface area contributed by atoms with Crippen molar-refractivity contribution >= 4 is 18.6 Å². The van der Waals surface area contributed by atoms with Gasteiger partial charge in [-0.2, -0.15) is 13.2 Å². The van der Waals surface area contributed by atoms with Crippen LogP contribution in [0.1, 0.15) is 56.3 Å². The average Bonchev–Trinajstić information content (AvgIpc) is 3.60. The zero-order valence-electron chi connectivity index (χ0n) is 20.7. The fraction of sp³-hybridized carbons (Fsp3) is 0.654. The summed E-state index contributed by atoms with van der Waals surface area (Å²) in [5.74, 6) is 0.593. The summed E-state index contributed by atoms with van der Waals surface area (Å²) in [6, 6.07) is 3.10. The summed E-state index contributed by atoms with van der Waals surface area (Å²) in [5, 5.41) is 3.64. The quantitative estimate of drug-likeness (QED) is 0.386. The number of benzene rings is 1. The van der Waals surface area contributed by atoms with Gasteiger partial charge in [-0.25, -0.2) is 0 Å². The molecule has 192 valence electrons. The second-order valence-corrected chi connectivity index (χ2v) is 9.18. The maximum absolute atomic E-state index is 13.0. The number of amides is 1. The predicted octanol–water partition coefficient (Wildman–Crippen LogP) is 3.73. The Hall–Kier alpha value is -2.06. The second kappa shape index (κ2) is 13.7. The van der Waals surface area contributed by atoms with Crippen molar-refractivity contribution in [3.8, 4) is 5.75 Å². The fourth-order valence-electron chi connectivity index (χ4n) is 3.81. The van der Waals surface area contributed by atoms with E-state index in [1.54, 1.807) is 12.1 Å². The smallest absolute Gasteiger partial charge is 0.422 e. The van der Waals surface area contributed by atoms with Crippen molar-refractivity contribution in [2.24, 2.45) is 11.8 Å². The highest BCUT2D eigenvalue weighted by Gasteiger charge is 2.29. The maximum atomic E-state index is 13.0. The van der Waals surface area contributed by atoms with Crippen molar-refractivity contribution in [2.45, 2.75) is 52.1 Å². The van der Waals surface area contributed by atoms with Crippen LogP contribution in [0.25, 0.3) is 12.7 Å². The molecule has 1 N–H and O–H groups in total. The summed E-state index contributed by atoms with van der Waals surface area (Å²) in [6.07, 6.45) is 2.93. The van der Waals surface area contributed by atoms with E-state index < -0.39 is 18.7 Å². The first-order valence-electron chi connectivity index (χ1n) is 12.2. The number of alkyl halides is 3. The van der Waals surface area contributed by atoms with Crippen LogP contribution in [0.15, 0.2) is 12.1 Å². The summed E-state index contributed by atoms with van der Waals surface area (Å²) in [6.45, 7) is 9.49. The number of halogens is 3. The largest absolute Gasteiger partial charge is 0.483 e. The van der Waals surface area contributed by atoms with Gasteiger partial charge in [0.15, 0.2) is 6.61 Å². The molecule has 1 amide bonds. The topological polar surface area (TPSA) is 50.8 Å². The molecule has 0 bridgehead atoms. The van der Waals surface area contributed by atoms with E-state index in [-0.39, 0.29) is 17.9 Å². The van der Waals surface area contributed by atoms with Crippen molar-refractivity contribution in [1.29, 1.82) is 0 Å². The van der Waals surface area contributed by atoms with Crippen LogP contribution in [0.4, 0.5) is 13.2 Å². The van der Waals surface area contributed by atoms with Crippen LogP contribution >= 0.6 is 0 Å². The fourth-order valence-corrected chi connectivity index (χ4v) is 3.81. The van der Waals surface area contributed by atoms with Gasteiger partial charge in [0.25, 0.3) is 5.91 Å². The zero-order valence-corrected chi connectivity index (χ0v) is 20.7. The molecular formula is C26H39F3N2O3. The third-order valence-electron chi connectivity index (χ3n) is 5.94. The molecule has 0 spiro atoms. The van der Waals surface area contributed by atoms with E-state index in [2.05, 4.69) is 30.6 Å². The van der Waals surface area contributed by atoms with Gasteiger partial charge in [0, 0.05) is 31.5 Å². The van der Waals surface area contributed by atoms with Crippen LogP contribution in [-0.2, 0) is 4.74 Å². The zero-order chi connectivity index (χ0) is 25.1. The van der Waals surface area contributed by atoms with E-state index in [4.69, 9.17) is 9.47 Å². The summed E-state index contributed by atoms with van der Waals surface area (Å²) in [5.41, 5.74) is 0.0603. The van der Waals surface area contributed by atoms with Gasteiger partial charge in [-0.05, 0) is 49.4 Å². The van der Waals surface area contributed by atoms with Gasteiger partial charge >= 0.3 is 6.18 Å². The molecule has 0 aliphatic heterocycles. The lowest BCUT2D eigenvalue weighted by atomic mass is 10.0. The Kier molecular flexibility index (Phi) is 11.4. The molecule has 1 atom stereocenters. The van der Waals surface area contributed by atoms with Crippen molar-refractivity contribution in [3.63, 3.8) is 0 Å². The highest BCUT2D eigenvalue weighted by molar-refractivity contribution is 5.97. The van der Waals surface area contributed by atoms with Crippen LogP contribution in [0.2, 0.25) is 0 Å². The molecule has 1 aliphatic carbocycles. The maximum Gasteiger partial charge on any atom is 0.422 e. The minimum atomic E-state index is -4.52. The van der Waals surface area contributed by atoms with Gasteiger partial charge in [-0.1, -0.05) is 45.4 Å². The predicted molar refractivity (Wildman–Crippen MR) is 129 cm³/mol. The lowest BCUT2D eigenvalue weighted by Gasteiger charge is -2.22. The molecule has 0 heterocycles. The molecule has 1 aromatic carbocycles. The SMILES string of the molecule is C=c1ccc(C(=O)NCCOCC2CC2)c(OCC(F)(F)F)/c1=C/CN(C)CC(CC)CCC. The third-order valence-corrected chi connectivity index (χ3v) is 5.94. The molecular weight excluding hydrogens is 445 g/mol. The number of rotatable bonds is 15. The van der Waals surface area contributed by atoms with Crippen LogP contribution in [0, 0.1) is 11.8 Å². The summed E-state index contributed by atoms with van der Waals surface area (Å²) in [7, 11) is 1.98. The highest BCUT2D eigenvalue weighted by Crippen LogP contribution is 2.28. The van der Waals surface area contributed by atoms with E-state index in [1.165, 1.54) is 18.9 Å². The molecule has 0 saturated heterocycles. The number of hydrogen-bond acceptors (Lipinski definition) is 4. The van der Waals surface area contributed by atoms with E-state index >= 15 is 0 Å². The Balaban J connectivity index is 2.18. The summed E-state index contributed by atoms with van der Waals surface area (Å²) >= 11 is 0. The third kappa shape index (κ3) is 10.1. The van der Waals surface area contributed by atoms with Crippen molar-refractivity contribution < 1.29 is 27.4 Å². The minimum absolute atomic E-state index is 0.0603. The van der Waals surface area contributed by atoms with E-state index in [0.29, 0.717) is 42.0 Å². The monoisotopic (exact) mass is 484 g/mol. The molecule has 1 aromatic rings. The summed E-state index contributed by atoms with van der Waals surface area (Å²) < 4.78 is 49.6. The number of carbonyl (C=O) groups excluding carboxylic acids is 1. The first-order valence-corrected chi connectivity index (χ1v) is 12.2. The molecule has 1 fully saturated rings. The van der Waals surface area contributed by atoms with E-state index in [0.717, 1.165) is 25.8 Å². The van der Waals surface area contributed by atoms with Crippen LogP contribution in [-0.4, -0.2) is 63.5 Å². The molecule has 0 aromatic heterocycles. The van der Waals surface area contributed by atoms with Crippen LogP contribution in [0.5, 0.6) is 5.75 Å². The number of carbonyl (C=O) groups is 1. The Bertz CT molecular complexity index is 885.